The first-order valence-corrected chi connectivity index (χ1v) is 6.60. The van der Waals surface area contributed by atoms with Gasteiger partial charge in [-0.05, 0) is 6.92 Å². The molecule has 0 bridgehead atoms. The molecule has 0 fully saturated rings. The van der Waals surface area contributed by atoms with Gasteiger partial charge < -0.3 is 26.8 Å². The Balaban J connectivity index is 2.95. The van der Waals surface area contributed by atoms with Gasteiger partial charge in [0.05, 0.1) is 17.9 Å². The molecule has 0 saturated carbocycles. The quantitative estimate of drug-likeness (QED) is 0.535. The van der Waals surface area contributed by atoms with E-state index in [0.717, 1.165) is 11.3 Å². The smallest absolute Gasteiger partial charge is 0.263 e. The maximum absolute atomic E-state index is 11.6. The zero-order chi connectivity index (χ0) is 14.4. The Bertz CT molecular complexity index is 473. The number of carbonyl (C=O) groups excluding carboxylic acids is 2. The number of nitrogens with one attached hydrogen (secondary N) is 2. The van der Waals surface area contributed by atoms with Crippen molar-refractivity contribution in [2.45, 2.75) is 6.92 Å². The number of amides is 2. The number of nitrogens with two attached hydrogens (primary N) is 2. The molecular formula is C11H18N4O3S. The molecule has 0 radical (unpaired) electrons. The third kappa shape index (κ3) is 3.58. The molecule has 1 heterocycles. The first kappa shape index (κ1) is 15.3. The molecular weight excluding hydrogens is 268 g/mol. The number of hydrogen-bond acceptors (Lipinski definition) is 6. The van der Waals surface area contributed by atoms with E-state index in [0.29, 0.717) is 24.8 Å². The van der Waals surface area contributed by atoms with Crippen molar-refractivity contribution in [1.29, 1.82) is 0 Å². The van der Waals surface area contributed by atoms with Crippen molar-refractivity contribution in [3.05, 3.63) is 10.4 Å². The molecule has 1 aromatic rings. The van der Waals surface area contributed by atoms with E-state index in [1.165, 1.54) is 7.05 Å². The largest absolute Gasteiger partial charge is 0.397 e. The molecule has 6 N–H and O–H groups in total. The molecule has 0 spiro atoms. The van der Waals surface area contributed by atoms with E-state index >= 15 is 0 Å². The van der Waals surface area contributed by atoms with Crippen molar-refractivity contribution >= 4 is 33.8 Å². The van der Waals surface area contributed by atoms with Crippen LogP contribution >= 0.6 is 11.3 Å². The van der Waals surface area contributed by atoms with Gasteiger partial charge >= 0.3 is 0 Å². The molecule has 0 aliphatic heterocycles. The Kier molecular flexibility index (Phi) is 5.58. The molecule has 0 saturated heterocycles. The molecule has 1 rings (SSSR count). The van der Waals surface area contributed by atoms with Crippen molar-refractivity contribution < 1.29 is 14.3 Å². The van der Waals surface area contributed by atoms with E-state index < -0.39 is 5.91 Å². The number of anilines is 2. The molecule has 0 unspecified atom stereocenters. The lowest BCUT2D eigenvalue weighted by Gasteiger charge is -2.05. The van der Waals surface area contributed by atoms with Crippen molar-refractivity contribution in [1.82, 2.24) is 5.32 Å². The van der Waals surface area contributed by atoms with Crippen LogP contribution in [0.3, 0.4) is 0 Å². The van der Waals surface area contributed by atoms with E-state index in [2.05, 4.69) is 10.6 Å². The summed E-state index contributed by atoms with van der Waals surface area (Å²) in [5.74, 6) is -1.01. The monoisotopic (exact) mass is 286 g/mol. The van der Waals surface area contributed by atoms with Crippen LogP contribution in [0.4, 0.5) is 10.7 Å². The Labute approximate surface area is 115 Å². The molecule has 0 aliphatic rings. The average Bonchev–Trinajstić information content (AvgIpc) is 2.71. The normalized spacial score (nSPS) is 10.2. The molecule has 0 aliphatic carbocycles. The third-order valence-corrected chi connectivity index (χ3v) is 3.52. The van der Waals surface area contributed by atoms with Crippen LogP contribution in [0.15, 0.2) is 0 Å². The summed E-state index contributed by atoms with van der Waals surface area (Å²) in [5, 5.41) is 5.96. The molecule has 1 aromatic heterocycles. The van der Waals surface area contributed by atoms with Crippen LogP contribution in [-0.4, -0.2) is 38.6 Å². The van der Waals surface area contributed by atoms with Gasteiger partial charge in [-0.3, -0.25) is 9.59 Å². The SMILES string of the molecule is CCOCCNc1sc(C(=O)NC)c(N)c1C(N)=O. The minimum absolute atomic E-state index is 0.107. The van der Waals surface area contributed by atoms with Gasteiger partial charge in [0.15, 0.2) is 0 Å². The van der Waals surface area contributed by atoms with Crippen LogP contribution in [0.2, 0.25) is 0 Å². The van der Waals surface area contributed by atoms with Crippen molar-refractivity contribution in [2.24, 2.45) is 5.73 Å². The number of rotatable bonds is 7. The van der Waals surface area contributed by atoms with Crippen LogP contribution in [0, 0.1) is 0 Å². The maximum atomic E-state index is 11.6. The minimum Gasteiger partial charge on any atom is -0.397 e. The van der Waals surface area contributed by atoms with Gasteiger partial charge in [0.2, 0.25) is 0 Å². The fraction of sp³-hybridized carbons (Fsp3) is 0.455. The number of ether oxygens (including phenoxy) is 1. The predicted molar refractivity (Wildman–Crippen MR) is 75.6 cm³/mol. The molecule has 19 heavy (non-hydrogen) atoms. The zero-order valence-electron chi connectivity index (χ0n) is 10.9. The minimum atomic E-state index is -0.664. The Morgan fingerprint density at radius 1 is 1.42 bits per heavy atom. The molecule has 106 valence electrons. The van der Waals surface area contributed by atoms with Gasteiger partial charge in [0.1, 0.15) is 9.88 Å². The molecule has 2 amide bonds. The van der Waals surface area contributed by atoms with Gasteiger partial charge in [0.25, 0.3) is 11.8 Å². The second kappa shape index (κ2) is 6.95. The van der Waals surface area contributed by atoms with Crippen LogP contribution in [-0.2, 0) is 4.74 Å². The van der Waals surface area contributed by atoms with E-state index in [1.54, 1.807) is 0 Å². The average molecular weight is 286 g/mol. The molecule has 8 heteroatoms. The van der Waals surface area contributed by atoms with Crippen LogP contribution < -0.4 is 22.1 Å². The number of thiophene rings is 1. The predicted octanol–water partition coefficient (Wildman–Crippen LogP) is 0.237. The standard InChI is InChI=1S/C11H18N4O3S/c1-3-18-5-4-15-11-6(9(13)16)7(12)8(19-11)10(17)14-2/h15H,3-5,12H2,1-2H3,(H2,13,16)(H,14,17). The van der Waals surface area contributed by atoms with Gasteiger partial charge in [-0.2, -0.15) is 0 Å². The highest BCUT2D eigenvalue weighted by Gasteiger charge is 2.23. The first-order valence-electron chi connectivity index (χ1n) is 5.78. The van der Waals surface area contributed by atoms with Crippen molar-refractivity contribution in [3.63, 3.8) is 0 Å². The second-order valence-corrected chi connectivity index (χ2v) is 4.64. The van der Waals surface area contributed by atoms with E-state index in [1.807, 2.05) is 6.92 Å². The lowest BCUT2D eigenvalue weighted by atomic mass is 10.2. The Morgan fingerprint density at radius 3 is 2.63 bits per heavy atom. The number of hydrogen-bond donors (Lipinski definition) is 4. The fourth-order valence-corrected chi connectivity index (χ4v) is 2.57. The molecule has 0 aromatic carbocycles. The number of nitrogen functional groups attached to an aromatic ring is 1. The first-order chi connectivity index (χ1) is 9.02. The van der Waals surface area contributed by atoms with Crippen LogP contribution in [0.5, 0.6) is 0 Å². The van der Waals surface area contributed by atoms with Gasteiger partial charge in [0, 0.05) is 20.2 Å². The van der Waals surface area contributed by atoms with Crippen molar-refractivity contribution in [2.75, 3.05) is 37.9 Å². The van der Waals surface area contributed by atoms with E-state index in [4.69, 9.17) is 16.2 Å². The third-order valence-electron chi connectivity index (χ3n) is 2.36. The summed E-state index contributed by atoms with van der Waals surface area (Å²) in [6.07, 6.45) is 0. The van der Waals surface area contributed by atoms with E-state index in [-0.39, 0.29) is 22.0 Å². The van der Waals surface area contributed by atoms with Gasteiger partial charge in [-0.1, -0.05) is 0 Å². The second-order valence-electron chi connectivity index (χ2n) is 3.62. The fourth-order valence-electron chi connectivity index (χ4n) is 1.48. The van der Waals surface area contributed by atoms with Crippen LogP contribution in [0.25, 0.3) is 0 Å². The summed E-state index contributed by atoms with van der Waals surface area (Å²) < 4.78 is 5.18. The summed E-state index contributed by atoms with van der Waals surface area (Å²) >= 11 is 1.10. The topological polar surface area (TPSA) is 119 Å². The molecule has 0 atom stereocenters. The Morgan fingerprint density at radius 2 is 2.11 bits per heavy atom. The maximum Gasteiger partial charge on any atom is 0.263 e. The number of carbonyl (C=O) groups is 2. The van der Waals surface area contributed by atoms with E-state index in [9.17, 15) is 9.59 Å². The van der Waals surface area contributed by atoms with Gasteiger partial charge in [-0.15, -0.1) is 11.3 Å². The highest BCUT2D eigenvalue weighted by Crippen LogP contribution is 2.35. The summed E-state index contributed by atoms with van der Waals surface area (Å²) in [6.45, 7) is 3.49. The highest BCUT2D eigenvalue weighted by atomic mass is 32.1. The van der Waals surface area contributed by atoms with Crippen LogP contribution in [0.1, 0.15) is 27.0 Å². The summed E-state index contributed by atoms with van der Waals surface area (Å²) in [6, 6.07) is 0. The number of primary amides is 1. The Hall–Kier alpha value is -1.80. The lowest BCUT2D eigenvalue weighted by molar-refractivity contribution is 0.0967. The molecule has 7 nitrogen and oxygen atoms in total. The zero-order valence-corrected chi connectivity index (χ0v) is 11.7. The summed E-state index contributed by atoms with van der Waals surface area (Å²) in [7, 11) is 1.49. The van der Waals surface area contributed by atoms with Crippen molar-refractivity contribution in [3.8, 4) is 0 Å². The summed E-state index contributed by atoms with van der Waals surface area (Å²) in [4.78, 5) is 23.3. The lowest BCUT2D eigenvalue weighted by Crippen LogP contribution is -2.19. The summed E-state index contributed by atoms with van der Waals surface area (Å²) in [5.41, 5.74) is 11.3. The van der Waals surface area contributed by atoms with Gasteiger partial charge in [-0.25, -0.2) is 0 Å². The highest BCUT2D eigenvalue weighted by molar-refractivity contribution is 7.19.